The van der Waals surface area contributed by atoms with E-state index in [-0.39, 0.29) is 35.1 Å². The van der Waals surface area contributed by atoms with Crippen LogP contribution in [0.1, 0.15) is 62.1 Å². The van der Waals surface area contributed by atoms with Crippen molar-refractivity contribution in [2.45, 2.75) is 75.2 Å². The summed E-state index contributed by atoms with van der Waals surface area (Å²) in [5.41, 5.74) is 2.06. The fourth-order valence-corrected chi connectivity index (χ4v) is 9.09. The van der Waals surface area contributed by atoms with E-state index in [0.29, 0.717) is 25.1 Å². The van der Waals surface area contributed by atoms with Crippen LogP contribution in [-0.4, -0.2) is 130 Å². The Bertz CT molecular complexity index is 1280. The molecular formula is C32H49N5O5S. The molecule has 11 heteroatoms. The number of nitrogens with one attached hydrogen (secondary N) is 1. The average Bonchev–Trinajstić information content (AvgIpc) is 3.22. The largest absolute Gasteiger partial charge is 0.383 e. The number of benzene rings is 1. The minimum atomic E-state index is -3.32. The molecule has 3 saturated heterocycles. The van der Waals surface area contributed by atoms with E-state index < -0.39 is 16.1 Å². The number of hydrogen-bond acceptors (Lipinski definition) is 8. The standard InChI is InChI=1S/C32H49N5O5S/c1-34(2)30-28-9-6-5-8-23(28)20-29(31(30)38)32(39)33-24-21-26-10-11-27(22-24)37(26)14-7-19-43(40,41)35(3)25-12-15-36(16-13-25)17-18-42-4/h5-6,8-9,20,24-27,30H,7,10-19,21-22H2,1-4H3,(H,33,39). The molecule has 43 heavy (non-hydrogen) atoms. The first-order valence-electron chi connectivity index (χ1n) is 15.8. The molecular weight excluding hydrogens is 566 g/mol. The second kappa shape index (κ2) is 13.9. The normalized spacial score (nSPS) is 27.0. The first kappa shape index (κ1) is 32.2. The quantitative estimate of drug-likeness (QED) is 0.357. The Morgan fingerprint density at radius 3 is 2.35 bits per heavy atom. The molecule has 3 heterocycles. The number of carbonyl (C=O) groups is 2. The van der Waals surface area contributed by atoms with E-state index in [1.54, 1.807) is 24.5 Å². The molecule has 1 aliphatic carbocycles. The number of fused-ring (bicyclic) bond motifs is 3. The number of rotatable bonds is 12. The summed E-state index contributed by atoms with van der Waals surface area (Å²) in [6.45, 7) is 4.15. The highest BCUT2D eigenvalue weighted by atomic mass is 32.2. The van der Waals surface area contributed by atoms with Gasteiger partial charge >= 0.3 is 0 Å². The molecule has 238 valence electrons. The van der Waals surface area contributed by atoms with Crippen molar-refractivity contribution in [2.75, 3.05) is 66.8 Å². The van der Waals surface area contributed by atoms with Crippen LogP contribution in [0.15, 0.2) is 29.8 Å². The number of carbonyl (C=O) groups excluding carboxylic acids is 2. The first-order valence-corrected chi connectivity index (χ1v) is 17.4. The SMILES string of the molecule is COCCN1CCC(N(C)S(=O)(=O)CCCN2C3CCC2CC(NC(=O)C2=Cc4ccccc4C(N(C)C)C2=O)C3)CC1. The minimum Gasteiger partial charge on any atom is -0.383 e. The molecule has 3 aliphatic heterocycles. The third kappa shape index (κ3) is 7.23. The van der Waals surface area contributed by atoms with Crippen LogP contribution >= 0.6 is 0 Å². The third-order valence-electron chi connectivity index (χ3n) is 10.0. The molecule has 3 fully saturated rings. The Kier molecular flexibility index (Phi) is 10.4. The summed E-state index contributed by atoms with van der Waals surface area (Å²) in [5, 5.41) is 3.19. The predicted molar refractivity (Wildman–Crippen MR) is 168 cm³/mol. The molecule has 4 aliphatic rings. The Hall–Kier alpha value is -2.15. The second-order valence-electron chi connectivity index (χ2n) is 12.9. The van der Waals surface area contributed by atoms with Crippen LogP contribution in [0.25, 0.3) is 6.08 Å². The van der Waals surface area contributed by atoms with Crippen LogP contribution in [0.3, 0.4) is 0 Å². The lowest BCUT2D eigenvalue weighted by atomic mass is 9.85. The maximum atomic E-state index is 13.4. The number of likely N-dealkylation sites (N-methyl/N-ethyl adjacent to an activating group) is 1. The summed E-state index contributed by atoms with van der Waals surface area (Å²) in [5.74, 6) is -0.291. The molecule has 10 nitrogen and oxygen atoms in total. The van der Waals surface area contributed by atoms with Crippen molar-refractivity contribution < 1.29 is 22.7 Å². The molecule has 1 aromatic rings. The highest BCUT2D eigenvalue weighted by Crippen LogP contribution is 2.37. The predicted octanol–water partition coefficient (Wildman–Crippen LogP) is 2.13. The fourth-order valence-electron chi connectivity index (χ4n) is 7.64. The number of ketones is 1. The zero-order valence-electron chi connectivity index (χ0n) is 26.2. The fraction of sp³-hybridized carbons (Fsp3) is 0.688. The topological polar surface area (TPSA) is 102 Å². The monoisotopic (exact) mass is 615 g/mol. The number of sulfonamides is 1. The molecule has 3 unspecified atom stereocenters. The number of likely N-dealkylation sites (tertiary alicyclic amines) is 1. The summed E-state index contributed by atoms with van der Waals surface area (Å²) >= 11 is 0. The zero-order chi connectivity index (χ0) is 30.7. The van der Waals surface area contributed by atoms with Crippen LogP contribution < -0.4 is 5.32 Å². The van der Waals surface area contributed by atoms with Gasteiger partial charge in [-0.3, -0.25) is 19.4 Å². The summed E-state index contributed by atoms with van der Waals surface area (Å²) in [7, 11) is 3.86. The van der Waals surface area contributed by atoms with Gasteiger partial charge in [-0.1, -0.05) is 24.3 Å². The van der Waals surface area contributed by atoms with Crippen LogP contribution in [0.4, 0.5) is 0 Å². The van der Waals surface area contributed by atoms with E-state index in [0.717, 1.165) is 75.8 Å². The molecule has 0 spiro atoms. The van der Waals surface area contributed by atoms with Gasteiger partial charge in [0.05, 0.1) is 24.0 Å². The van der Waals surface area contributed by atoms with Gasteiger partial charge in [0.15, 0.2) is 5.78 Å². The Morgan fingerprint density at radius 1 is 1.02 bits per heavy atom. The first-order chi connectivity index (χ1) is 20.6. The van der Waals surface area contributed by atoms with Crippen molar-refractivity contribution in [2.24, 2.45) is 0 Å². The average molecular weight is 616 g/mol. The van der Waals surface area contributed by atoms with Crippen LogP contribution in [0, 0.1) is 0 Å². The Balaban J connectivity index is 1.11. The third-order valence-corrected chi connectivity index (χ3v) is 12.0. The molecule has 1 N–H and O–H groups in total. The molecule has 1 aromatic carbocycles. The van der Waals surface area contributed by atoms with E-state index in [4.69, 9.17) is 4.74 Å². The lowest BCUT2D eigenvalue weighted by molar-refractivity contribution is -0.125. The van der Waals surface area contributed by atoms with E-state index in [1.165, 1.54) is 0 Å². The van der Waals surface area contributed by atoms with Gasteiger partial charge in [0, 0.05) is 44.9 Å². The molecule has 0 aromatic heterocycles. The van der Waals surface area contributed by atoms with E-state index in [2.05, 4.69) is 15.1 Å². The van der Waals surface area contributed by atoms with Crippen molar-refractivity contribution in [3.05, 3.63) is 41.0 Å². The summed E-state index contributed by atoms with van der Waals surface area (Å²) in [6.07, 6.45) is 7.82. The maximum Gasteiger partial charge on any atom is 0.255 e. The molecule has 5 rings (SSSR count). The Morgan fingerprint density at radius 2 is 1.70 bits per heavy atom. The number of hydrogen-bond donors (Lipinski definition) is 1. The summed E-state index contributed by atoms with van der Waals surface area (Å²) < 4.78 is 33.2. The number of ether oxygens (including phenoxy) is 1. The van der Waals surface area contributed by atoms with Crippen LogP contribution in [0.2, 0.25) is 0 Å². The number of amides is 1. The Labute approximate surface area is 257 Å². The van der Waals surface area contributed by atoms with Gasteiger partial charge in [0.25, 0.3) is 5.91 Å². The van der Waals surface area contributed by atoms with Crippen molar-refractivity contribution in [3.63, 3.8) is 0 Å². The summed E-state index contributed by atoms with van der Waals surface area (Å²) in [4.78, 5) is 33.4. The number of methoxy groups -OCH3 is 1. The lowest BCUT2D eigenvalue weighted by Crippen LogP contribution is -2.51. The van der Waals surface area contributed by atoms with Gasteiger partial charge in [0.1, 0.15) is 0 Å². The lowest BCUT2D eigenvalue weighted by Gasteiger charge is -2.39. The molecule has 0 radical (unpaired) electrons. The molecule has 3 atom stereocenters. The highest BCUT2D eigenvalue weighted by Gasteiger charge is 2.42. The van der Waals surface area contributed by atoms with Crippen LogP contribution in [-0.2, 0) is 24.3 Å². The van der Waals surface area contributed by atoms with Gasteiger partial charge in [-0.25, -0.2) is 12.7 Å². The smallest absolute Gasteiger partial charge is 0.255 e. The highest BCUT2D eigenvalue weighted by molar-refractivity contribution is 7.89. The van der Waals surface area contributed by atoms with Crippen LogP contribution in [0.5, 0.6) is 0 Å². The zero-order valence-corrected chi connectivity index (χ0v) is 27.0. The van der Waals surface area contributed by atoms with E-state index in [1.807, 2.05) is 43.3 Å². The van der Waals surface area contributed by atoms with Gasteiger partial charge in [0.2, 0.25) is 10.0 Å². The van der Waals surface area contributed by atoms with E-state index >= 15 is 0 Å². The number of nitrogens with zero attached hydrogens (tertiary/aromatic N) is 4. The van der Waals surface area contributed by atoms with Crippen molar-refractivity contribution in [1.82, 2.24) is 24.3 Å². The number of piperidine rings is 2. The number of Topliss-reactive ketones (excluding diaryl/α,β-unsaturated/α-hetero) is 1. The van der Waals surface area contributed by atoms with Gasteiger partial charge in [-0.2, -0.15) is 0 Å². The summed E-state index contributed by atoms with van der Waals surface area (Å²) in [6, 6.07) is 8.01. The minimum absolute atomic E-state index is 0.00884. The molecule has 1 amide bonds. The molecule has 2 bridgehead atoms. The molecule has 0 saturated carbocycles. The maximum absolute atomic E-state index is 13.4. The van der Waals surface area contributed by atoms with Gasteiger partial charge in [-0.15, -0.1) is 0 Å². The van der Waals surface area contributed by atoms with Gasteiger partial charge < -0.3 is 15.0 Å². The van der Waals surface area contributed by atoms with Crippen molar-refractivity contribution in [1.29, 1.82) is 0 Å². The van der Waals surface area contributed by atoms with Gasteiger partial charge in [-0.05, 0) is 95.9 Å². The van der Waals surface area contributed by atoms with Crippen molar-refractivity contribution in [3.8, 4) is 0 Å². The van der Waals surface area contributed by atoms with E-state index in [9.17, 15) is 18.0 Å². The second-order valence-corrected chi connectivity index (χ2v) is 15.1. The van der Waals surface area contributed by atoms with Crippen molar-refractivity contribution >= 4 is 27.8 Å².